The van der Waals surface area contributed by atoms with Gasteiger partial charge in [-0.05, 0) is 12.1 Å². The molecule has 2 rings (SSSR count). The van der Waals surface area contributed by atoms with E-state index < -0.39 is 9.84 Å². The Labute approximate surface area is 111 Å². The maximum absolute atomic E-state index is 11.1. The zero-order chi connectivity index (χ0) is 13.9. The van der Waals surface area contributed by atoms with Crippen LogP contribution in [0.4, 0.5) is 11.8 Å². The van der Waals surface area contributed by atoms with Gasteiger partial charge in [0.1, 0.15) is 15.7 Å². The third-order valence-corrected chi connectivity index (χ3v) is 3.44. The predicted octanol–water partition coefficient (Wildman–Crippen LogP) is 0.372. The first-order valence-electron chi connectivity index (χ1n) is 5.64. The van der Waals surface area contributed by atoms with Crippen LogP contribution in [0.1, 0.15) is 0 Å². The zero-order valence-corrected chi connectivity index (χ0v) is 11.2. The first-order valence-corrected chi connectivity index (χ1v) is 7.70. The van der Waals surface area contributed by atoms with Crippen molar-refractivity contribution in [2.75, 3.05) is 29.3 Å². The van der Waals surface area contributed by atoms with Gasteiger partial charge >= 0.3 is 0 Å². The van der Waals surface area contributed by atoms with Crippen molar-refractivity contribution in [1.82, 2.24) is 9.97 Å². The molecule has 0 atom stereocenters. The molecular formula is C11H15N5O2S. The van der Waals surface area contributed by atoms with Crippen molar-refractivity contribution in [3.8, 4) is 0 Å². The molecule has 0 aliphatic rings. The molecule has 0 aliphatic carbocycles. The van der Waals surface area contributed by atoms with Gasteiger partial charge in [-0.15, -0.1) is 0 Å². The molecule has 0 aliphatic heterocycles. The van der Waals surface area contributed by atoms with Gasteiger partial charge in [-0.2, -0.15) is 4.98 Å². The van der Waals surface area contributed by atoms with Gasteiger partial charge in [0.25, 0.3) is 0 Å². The molecule has 0 amide bonds. The third-order valence-electron chi connectivity index (χ3n) is 2.50. The van der Waals surface area contributed by atoms with Crippen LogP contribution in [0.5, 0.6) is 0 Å². The zero-order valence-electron chi connectivity index (χ0n) is 10.4. The molecule has 8 heteroatoms. The number of para-hydroxylation sites is 1. The number of hydrazine groups is 1. The number of nitrogens with two attached hydrogens (primary N) is 1. The van der Waals surface area contributed by atoms with Crippen LogP contribution < -0.4 is 16.6 Å². The molecule has 1 aromatic heterocycles. The number of nitrogens with zero attached hydrogens (tertiary/aromatic N) is 2. The average Bonchev–Trinajstić information content (AvgIpc) is 2.37. The van der Waals surface area contributed by atoms with Gasteiger partial charge in [0, 0.05) is 18.2 Å². The molecule has 0 spiro atoms. The van der Waals surface area contributed by atoms with E-state index in [1.807, 2.05) is 24.3 Å². The van der Waals surface area contributed by atoms with Gasteiger partial charge in [0.2, 0.25) is 5.95 Å². The highest BCUT2D eigenvalue weighted by atomic mass is 32.2. The van der Waals surface area contributed by atoms with Gasteiger partial charge in [-0.3, -0.25) is 5.43 Å². The minimum Gasteiger partial charge on any atom is -0.368 e. The number of fused-ring (bicyclic) bond motifs is 1. The summed E-state index contributed by atoms with van der Waals surface area (Å²) < 4.78 is 22.2. The molecule has 0 radical (unpaired) electrons. The fourth-order valence-corrected chi connectivity index (χ4v) is 2.10. The van der Waals surface area contributed by atoms with Gasteiger partial charge in [-0.25, -0.2) is 19.2 Å². The van der Waals surface area contributed by atoms with Crippen LogP contribution in [-0.2, 0) is 9.84 Å². The Morgan fingerprint density at radius 3 is 2.68 bits per heavy atom. The molecule has 2 aromatic rings. The molecule has 0 fully saturated rings. The number of hydrogen-bond acceptors (Lipinski definition) is 7. The Morgan fingerprint density at radius 1 is 1.26 bits per heavy atom. The number of nitrogen functional groups attached to an aromatic ring is 1. The SMILES string of the molecule is CS(=O)(=O)CCNc1nc(NN)nc2ccccc12. The predicted molar refractivity (Wildman–Crippen MR) is 75.5 cm³/mol. The van der Waals surface area contributed by atoms with Crippen LogP contribution in [0.15, 0.2) is 24.3 Å². The van der Waals surface area contributed by atoms with E-state index in [1.54, 1.807) is 0 Å². The van der Waals surface area contributed by atoms with Crippen molar-refractivity contribution in [2.24, 2.45) is 5.84 Å². The first-order chi connectivity index (χ1) is 8.99. The Bertz CT molecular complexity index is 687. The second-order valence-electron chi connectivity index (χ2n) is 4.11. The van der Waals surface area contributed by atoms with Crippen molar-refractivity contribution in [1.29, 1.82) is 0 Å². The van der Waals surface area contributed by atoms with Crippen LogP contribution in [-0.4, -0.2) is 36.9 Å². The van der Waals surface area contributed by atoms with Crippen LogP contribution >= 0.6 is 0 Å². The van der Waals surface area contributed by atoms with Gasteiger partial charge in [-0.1, -0.05) is 12.1 Å². The summed E-state index contributed by atoms with van der Waals surface area (Å²) in [7, 11) is -3.01. The first kappa shape index (κ1) is 13.5. The quantitative estimate of drug-likeness (QED) is 0.536. The largest absolute Gasteiger partial charge is 0.368 e. The normalized spacial score (nSPS) is 11.5. The van der Waals surface area contributed by atoms with E-state index in [4.69, 9.17) is 5.84 Å². The summed E-state index contributed by atoms with van der Waals surface area (Å²) in [5.41, 5.74) is 3.11. The fourth-order valence-electron chi connectivity index (χ4n) is 1.63. The monoisotopic (exact) mass is 281 g/mol. The number of aromatic nitrogens is 2. The van der Waals surface area contributed by atoms with Crippen LogP contribution in [0.2, 0.25) is 0 Å². The molecule has 0 unspecified atom stereocenters. The molecule has 0 bridgehead atoms. The number of sulfone groups is 1. The molecule has 1 heterocycles. The average molecular weight is 281 g/mol. The van der Waals surface area contributed by atoms with E-state index in [0.29, 0.717) is 5.82 Å². The second-order valence-corrected chi connectivity index (χ2v) is 6.37. The van der Waals surface area contributed by atoms with E-state index in [-0.39, 0.29) is 18.2 Å². The lowest BCUT2D eigenvalue weighted by Crippen LogP contribution is -2.16. The summed E-state index contributed by atoms with van der Waals surface area (Å²) in [5, 5.41) is 3.81. The smallest absolute Gasteiger partial charge is 0.239 e. The van der Waals surface area contributed by atoms with E-state index in [9.17, 15) is 8.42 Å². The lowest BCUT2D eigenvalue weighted by atomic mass is 10.2. The summed E-state index contributed by atoms with van der Waals surface area (Å²) in [6, 6.07) is 7.41. The Morgan fingerprint density at radius 2 is 2.00 bits per heavy atom. The van der Waals surface area contributed by atoms with Gasteiger partial charge in [0.15, 0.2) is 0 Å². The summed E-state index contributed by atoms with van der Waals surface area (Å²) in [6.07, 6.45) is 1.19. The summed E-state index contributed by atoms with van der Waals surface area (Å²) in [6.45, 7) is 0.282. The Hall–Kier alpha value is -1.93. The van der Waals surface area contributed by atoms with Crippen LogP contribution in [0.3, 0.4) is 0 Å². The van der Waals surface area contributed by atoms with E-state index >= 15 is 0 Å². The summed E-state index contributed by atoms with van der Waals surface area (Å²) in [4.78, 5) is 8.39. The number of anilines is 2. The van der Waals surface area contributed by atoms with E-state index in [0.717, 1.165) is 10.9 Å². The topological polar surface area (TPSA) is 110 Å². The van der Waals surface area contributed by atoms with Gasteiger partial charge < -0.3 is 5.32 Å². The lowest BCUT2D eigenvalue weighted by molar-refractivity contribution is 0.602. The Balaban J connectivity index is 2.30. The molecule has 19 heavy (non-hydrogen) atoms. The lowest BCUT2D eigenvalue weighted by Gasteiger charge is -2.09. The van der Waals surface area contributed by atoms with E-state index in [1.165, 1.54) is 6.26 Å². The maximum atomic E-state index is 11.1. The maximum Gasteiger partial charge on any atom is 0.239 e. The number of benzene rings is 1. The van der Waals surface area contributed by atoms with E-state index in [2.05, 4.69) is 20.7 Å². The highest BCUT2D eigenvalue weighted by Gasteiger charge is 2.07. The molecule has 0 saturated carbocycles. The van der Waals surface area contributed by atoms with Crippen molar-refractivity contribution < 1.29 is 8.42 Å². The van der Waals surface area contributed by atoms with Crippen molar-refractivity contribution >= 4 is 32.5 Å². The molecule has 0 saturated heterocycles. The van der Waals surface area contributed by atoms with Crippen molar-refractivity contribution in [2.45, 2.75) is 0 Å². The second kappa shape index (κ2) is 5.37. The van der Waals surface area contributed by atoms with Crippen molar-refractivity contribution in [3.63, 3.8) is 0 Å². The van der Waals surface area contributed by atoms with Crippen LogP contribution in [0.25, 0.3) is 10.9 Å². The number of rotatable bonds is 5. The standard InChI is InChI=1S/C11H15N5O2S/c1-19(17,18)7-6-13-10-8-4-2-3-5-9(8)14-11(15-10)16-12/h2-5H,6-7,12H2,1H3,(H2,13,14,15,16). The molecule has 7 nitrogen and oxygen atoms in total. The number of nitrogens with one attached hydrogen (secondary N) is 2. The summed E-state index contributed by atoms with van der Waals surface area (Å²) >= 11 is 0. The molecule has 102 valence electrons. The highest BCUT2D eigenvalue weighted by Crippen LogP contribution is 2.21. The highest BCUT2D eigenvalue weighted by molar-refractivity contribution is 7.90. The third kappa shape index (κ3) is 3.52. The van der Waals surface area contributed by atoms with Crippen LogP contribution in [0, 0.1) is 0 Å². The molecule has 1 aromatic carbocycles. The fraction of sp³-hybridized carbons (Fsp3) is 0.273. The summed E-state index contributed by atoms with van der Waals surface area (Å²) in [5.74, 6) is 6.18. The minimum absolute atomic E-state index is 0.0384. The van der Waals surface area contributed by atoms with Crippen molar-refractivity contribution in [3.05, 3.63) is 24.3 Å². The Kier molecular flexibility index (Phi) is 3.82. The molecule has 4 N–H and O–H groups in total. The number of hydrogen-bond donors (Lipinski definition) is 3. The molecular weight excluding hydrogens is 266 g/mol. The van der Waals surface area contributed by atoms with Gasteiger partial charge in [0.05, 0.1) is 11.3 Å². The minimum atomic E-state index is -3.01.